The minimum atomic E-state index is -1.20. The van der Waals surface area contributed by atoms with E-state index < -0.39 is 6.29 Å². The topological polar surface area (TPSA) is 43.7 Å². The molecule has 0 bridgehead atoms. The highest BCUT2D eigenvalue weighted by Gasteiger charge is 2.02. The SMILES string of the molecule is CCCCCCCCCCCCN(C)CC(O)O.F. The summed E-state index contributed by atoms with van der Waals surface area (Å²) in [7, 11) is 1.94. The van der Waals surface area contributed by atoms with E-state index in [4.69, 9.17) is 10.2 Å². The summed E-state index contributed by atoms with van der Waals surface area (Å²) < 4.78 is 0. The molecule has 0 aromatic carbocycles. The van der Waals surface area contributed by atoms with Crippen LogP contribution in [0.25, 0.3) is 0 Å². The number of rotatable bonds is 13. The molecule has 0 fully saturated rings. The Morgan fingerprint density at radius 3 is 1.63 bits per heavy atom. The first-order valence-electron chi connectivity index (χ1n) is 7.71. The molecule has 118 valence electrons. The fourth-order valence-electron chi connectivity index (χ4n) is 2.24. The van der Waals surface area contributed by atoms with Gasteiger partial charge >= 0.3 is 0 Å². The van der Waals surface area contributed by atoms with Gasteiger partial charge in [0.2, 0.25) is 0 Å². The largest absolute Gasteiger partial charge is 0.367 e. The Kier molecular flexibility index (Phi) is 17.6. The van der Waals surface area contributed by atoms with E-state index in [1.54, 1.807) is 0 Å². The van der Waals surface area contributed by atoms with Crippen LogP contribution in [0.5, 0.6) is 0 Å². The molecule has 2 N–H and O–H groups in total. The van der Waals surface area contributed by atoms with Crippen molar-refractivity contribution < 1.29 is 14.9 Å². The van der Waals surface area contributed by atoms with Gasteiger partial charge in [0.15, 0.2) is 6.29 Å². The number of aliphatic hydroxyl groups is 2. The van der Waals surface area contributed by atoms with Crippen molar-refractivity contribution in [1.82, 2.24) is 4.90 Å². The molecular weight excluding hydrogens is 245 g/mol. The minimum Gasteiger partial charge on any atom is -0.367 e. The number of aliphatic hydroxyl groups excluding tert-OH is 1. The Balaban J connectivity index is 0. The lowest BCUT2D eigenvalue weighted by molar-refractivity contribution is -0.0573. The highest BCUT2D eigenvalue weighted by atomic mass is 19.0. The fourth-order valence-corrected chi connectivity index (χ4v) is 2.24. The van der Waals surface area contributed by atoms with E-state index in [-0.39, 0.29) is 4.70 Å². The summed E-state index contributed by atoms with van der Waals surface area (Å²) in [6.45, 7) is 3.58. The van der Waals surface area contributed by atoms with Gasteiger partial charge in [-0.05, 0) is 20.0 Å². The van der Waals surface area contributed by atoms with Crippen LogP contribution in [0.15, 0.2) is 0 Å². The van der Waals surface area contributed by atoms with E-state index in [9.17, 15) is 0 Å². The quantitative estimate of drug-likeness (QED) is 0.401. The van der Waals surface area contributed by atoms with Crippen molar-refractivity contribution >= 4 is 0 Å². The zero-order valence-corrected chi connectivity index (χ0v) is 12.8. The smallest absolute Gasteiger partial charge is 0.164 e. The number of unbranched alkanes of at least 4 members (excludes halogenated alkanes) is 9. The molecule has 0 aliphatic rings. The van der Waals surface area contributed by atoms with Gasteiger partial charge in [0.1, 0.15) is 0 Å². The van der Waals surface area contributed by atoms with Crippen LogP contribution in [0, 0.1) is 0 Å². The van der Waals surface area contributed by atoms with Crippen molar-refractivity contribution in [1.29, 1.82) is 0 Å². The third kappa shape index (κ3) is 17.8. The minimum absolute atomic E-state index is 0. The van der Waals surface area contributed by atoms with E-state index in [0.717, 1.165) is 6.54 Å². The maximum Gasteiger partial charge on any atom is 0.164 e. The van der Waals surface area contributed by atoms with Crippen LogP contribution in [-0.4, -0.2) is 41.5 Å². The van der Waals surface area contributed by atoms with Crippen LogP contribution in [-0.2, 0) is 0 Å². The first-order chi connectivity index (χ1) is 8.66. The first kappa shape index (κ1) is 21.1. The van der Waals surface area contributed by atoms with Gasteiger partial charge in [-0.15, -0.1) is 0 Å². The Morgan fingerprint density at radius 2 is 1.21 bits per heavy atom. The second kappa shape index (κ2) is 15.9. The molecule has 0 atom stereocenters. The van der Waals surface area contributed by atoms with Gasteiger partial charge < -0.3 is 15.1 Å². The van der Waals surface area contributed by atoms with E-state index in [1.165, 1.54) is 64.2 Å². The van der Waals surface area contributed by atoms with Crippen LogP contribution in [0.4, 0.5) is 4.70 Å². The molecule has 0 aliphatic heterocycles. The molecule has 3 nitrogen and oxygen atoms in total. The molecule has 0 unspecified atom stereocenters. The second-order valence-electron chi connectivity index (χ2n) is 5.42. The van der Waals surface area contributed by atoms with E-state index in [0.29, 0.717) is 6.54 Å². The van der Waals surface area contributed by atoms with Crippen LogP contribution < -0.4 is 0 Å². The van der Waals surface area contributed by atoms with Gasteiger partial charge in [-0.25, -0.2) is 0 Å². The Labute approximate surface area is 118 Å². The van der Waals surface area contributed by atoms with Crippen LogP contribution in [0.3, 0.4) is 0 Å². The summed E-state index contributed by atoms with van der Waals surface area (Å²) in [6, 6.07) is 0. The summed E-state index contributed by atoms with van der Waals surface area (Å²) in [6.07, 6.45) is 12.2. The highest BCUT2D eigenvalue weighted by molar-refractivity contribution is 4.53. The predicted octanol–water partition coefficient (Wildman–Crippen LogP) is 3.30. The lowest BCUT2D eigenvalue weighted by Gasteiger charge is -2.17. The number of halogens is 1. The molecule has 0 rings (SSSR count). The van der Waals surface area contributed by atoms with E-state index in [2.05, 4.69) is 6.92 Å². The van der Waals surface area contributed by atoms with E-state index in [1.807, 2.05) is 11.9 Å². The average Bonchev–Trinajstić information content (AvgIpc) is 2.30. The molecule has 19 heavy (non-hydrogen) atoms. The van der Waals surface area contributed by atoms with Crippen molar-refractivity contribution in [3.8, 4) is 0 Å². The first-order valence-corrected chi connectivity index (χ1v) is 7.71. The van der Waals surface area contributed by atoms with Gasteiger partial charge in [0.05, 0.1) is 0 Å². The molecule has 0 aromatic heterocycles. The zero-order chi connectivity index (χ0) is 13.6. The maximum absolute atomic E-state index is 8.80. The van der Waals surface area contributed by atoms with Gasteiger partial charge in [-0.1, -0.05) is 64.7 Å². The predicted molar refractivity (Wildman–Crippen MR) is 80.1 cm³/mol. The summed E-state index contributed by atoms with van der Waals surface area (Å²) in [4.78, 5) is 1.98. The lowest BCUT2D eigenvalue weighted by atomic mass is 10.1. The van der Waals surface area contributed by atoms with Crippen molar-refractivity contribution in [2.24, 2.45) is 0 Å². The number of likely N-dealkylation sites (N-methyl/N-ethyl adjacent to an activating group) is 1. The highest BCUT2D eigenvalue weighted by Crippen LogP contribution is 2.10. The molecule has 0 aromatic rings. The number of nitrogens with zero attached hydrogens (tertiary/aromatic N) is 1. The molecule has 0 radical (unpaired) electrons. The summed E-state index contributed by atoms with van der Waals surface area (Å²) in [5.41, 5.74) is 0. The zero-order valence-electron chi connectivity index (χ0n) is 12.8. The summed E-state index contributed by atoms with van der Waals surface area (Å²) >= 11 is 0. The fraction of sp³-hybridized carbons (Fsp3) is 1.00. The lowest BCUT2D eigenvalue weighted by Crippen LogP contribution is -2.29. The van der Waals surface area contributed by atoms with Gasteiger partial charge in [0.25, 0.3) is 0 Å². The molecule has 0 heterocycles. The standard InChI is InChI=1S/C15H33NO2.FH/c1-3-4-5-6-7-8-9-10-11-12-13-16(2)14-15(17)18;/h15,17-18H,3-14H2,1-2H3;1H. The van der Waals surface area contributed by atoms with Gasteiger partial charge in [-0.2, -0.15) is 0 Å². The Hall–Kier alpha value is -0.190. The van der Waals surface area contributed by atoms with Crippen molar-refractivity contribution in [2.45, 2.75) is 77.4 Å². The molecule has 4 heteroatoms. The summed E-state index contributed by atoms with van der Waals surface area (Å²) in [5, 5.41) is 17.6. The average molecular weight is 279 g/mol. The molecule has 0 spiro atoms. The van der Waals surface area contributed by atoms with Gasteiger partial charge in [-0.3, -0.25) is 4.70 Å². The summed E-state index contributed by atoms with van der Waals surface area (Å²) in [5.74, 6) is 0. The van der Waals surface area contributed by atoms with Gasteiger partial charge in [0, 0.05) is 6.54 Å². The second-order valence-corrected chi connectivity index (χ2v) is 5.42. The molecule has 0 aliphatic carbocycles. The maximum atomic E-state index is 8.80. The Bertz CT molecular complexity index is 168. The molecular formula is C15H34FNO2. The molecule has 0 amide bonds. The van der Waals surface area contributed by atoms with Crippen molar-refractivity contribution in [3.63, 3.8) is 0 Å². The van der Waals surface area contributed by atoms with Crippen LogP contribution >= 0.6 is 0 Å². The third-order valence-corrected chi connectivity index (χ3v) is 3.37. The molecule has 0 saturated carbocycles. The number of hydrogen-bond donors (Lipinski definition) is 2. The van der Waals surface area contributed by atoms with E-state index >= 15 is 0 Å². The Morgan fingerprint density at radius 1 is 0.789 bits per heavy atom. The van der Waals surface area contributed by atoms with Crippen LogP contribution in [0.1, 0.15) is 71.1 Å². The van der Waals surface area contributed by atoms with Crippen molar-refractivity contribution in [3.05, 3.63) is 0 Å². The third-order valence-electron chi connectivity index (χ3n) is 3.37. The van der Waals surface area contributed by atoms with Crippen LogP contribution in [0.2, 0.25) is 0 Å². The van der Waals surface area contributed by atoms with Crippen molar-refractivity contribution in [2.75, 3.05) is 20.1 Å². The number of hydrogen-bond acceptors (Lipinski definition) is 3. The normalized spacial score (nSPS) is 11.1. The molecule has 0 saturated heterocycles. The monoisotopic (exact) mass is 279 g/mol.